The van der Waals surface area contributed by atoms with Crippen molar-refractivity contribution in [1.29, 1.82) is 0 Å². The first kappa shape index (κ1) is 14.8. The summed E-state index contributed by atoms with van der Waals surface area (Å²) in [7, 11) is 0. The number of hydrogen-bond donors (Lipinski definition) is 1. The number of amides is 1. The molecule has 1 fully saturated rings. The molecule has 6 heteroatoms. The Bertz CT molecular complexity index is 957. The van der Waals surface area contributed by atoms with E-state index in [1.165, 1.54) is 6.07 Å². The Labute approximate surface area is 138 Å². The van der Waals surface area contributed by atoms with Gasteiger partial charge in [-0.3, -0.25) is 9.59 Å². The van der Waals surface area contributed by atoms with E-state index >= 15 is 0 Å². The third-order valence-corrected chi connectivity index (χ3v) is 4.35. The third kappa shape index (κ3) is 2.35. The lowest BCUT2D eigenvalue weighted by molar-refractivity contribution is 0.0733. The third-order valence-electron chi connectivity index (χ3n) is 4.35. The first-order valence-corrected chi connectivity index (χ1v) is 7.98. The maximum atomic E-state index is 12.9. The zero-order chi connectivity index (χ0) is 16.7. The molecule has 2 aliphatic heterocycles. The number of rotatable bonds is 1. The van der Waals surface area contributed by atoms with E-state index in [1.807, 2.05) is 25.1 Å². The van der Waals surface area contributed by atoms with E-state index in [9.17, 15) is 9.59 Å². The van der Waals surface area contributed by atoms with Gasteiger partial charge in [-0.25, -0.2) is 4.98 Å². The van der Waals surface area contributed by atoms with Gasteiger partial charge in [0.2, 0.25) is 0 Å². The first-order chi connectivity index (χ1) is 11.6. The Kier molecular flexibility index (Phi) is 3.54. The molecule has 1 aromatic rings. The summed E-state index contributed by atoms with van der Waals surface area (Å²) in [6, 6.07) is 8.67. The summed E-state index contributed by atoms with van der Waals surface area (Å²) < 4.78 is 5.98. The van der Waals surface area contributed by atoms with Gasteiger partial charge in [-0.05, 0) is 30.7 Å². The van der Waals surface area contributed by atoms with Crippen LogP contribution in [0, 0.1) is 6.92 Å². The SMILES string of the molecule is Cc1cccc2nc3ccc(=O)c(C(=O)N4CCNCC4)c-3oc12. The van der Waals surface area contributed by atoms with Crippen molar-refractivity contribution in [2.45, 2.75) is 6.92 Å². The Hall–Kier alpha value is -2.73. The number of piperazine rings is 1. The number of aryl methyl sites for hydroxylation is 1. The second kappa shape index (κ2) is 5.72. The number of nitrogens with zero attached hydrogens (tertiary/aromatic N) is 2. The number of para-hydroxylation sites is 1. The number of benzene rings is 2. The van der Waals surface area contributed by atoms with Crippen molar-refractivity contribution in [3.63, 3.8) is 0 Å². The molecule has 2 heterocycles. The highest BCUT2D eigenvalue weighted by atomic mass is 16.3. The van der Waals surface area contributed by atoms with E-state index in [0.717, 1.165) is 18.7 Å². The summed E-state index contributed by atoms with van der Waals surface area (Å²) in [6.07, 6.45) is 0. The van der Waals surface area contributed by atoms with E-state index < -0.39 is 0 Å². The van der Waals surface area contributed by atoms with Crippen LogP contribution in [0.5, 0.6) is 0 Å². The number of hydrogen-bond acceptors (Lipinski definition) is 5. The number of nitrogens with one attached hydrogen (secondary N) is 1. The molecule has 0 saturated carbocycles. The molecular formula is C18H17N3O3. The molecule has 0 radical (unpaired) electrons. The summed E-state index contributed by atoms with van der Waals surface area (Å²) in [4.78, 5) is 31.5. The summed E-state index contributed by atoms with van der Waals surface area (Å²) in [6.45, 7) is 4.52. The van der Waals surface area contributed by atoms with E-state index in [0.29, 0.717) is 29.9 Å². The zero-order valence-electron chi connectivity index (χ0n) is 13.3. The highest BCUT2D eigenvalue weighted by Gasteiger charge is 2.27. The monoisotopic (exact) mass is 323 g/mol. The van der Waals surface area contributed by atoms with Crippen molar-refractivity contribution < 1.29 is 9.21 Å². The van der Waals surface area contributed by atoms with Gasteiger partial charge in [0, 0.05) is 26.2 Å². The molecule has 0 unspecified atom stereocenters. The van der Waals surface area contributed by atoms with Gasteiger partial charge in [0.25, 0.3) is 5.91 Å². The maximum absolute atomic E-state index is 12.9. The molecule has 1 amide bonds. The molecule has 1 saturated heterocycles. The van der Waals surface area contributed by atoms with Crippen LogP contribution in [0.25, 0.3) is 22.6 Å². The lowest BCUT2D eigenvalue weighted by atomic mass is 10.1. The average molecular weight is 323 g/mol. The van der Waals surface area contributed by atoms with E-state index in [-0.39, 0.29) is 22.7 Å². The number of carbonyl (C=O) groups is 1. The van der Waals surface area contributed by atoms with E-state index in [1.54, 1.807) is 11.0 Å². The van der Waals surface area contributed by atoms with Crippen LogP contribution >= 0.6 is 0 Å². The molecule has 1 N–H and O–H groups in total. The predicted molar refractivity (Wildman–Crippen MR) is 90.4 cm³/mol. The molecule has 0 bridgehead atoms. The lowest BCUT2D eigenvalue weighted by Crippen LogP contribution is -2.47. The van der Waals surface area contributed by atoms with Crippen LogP contribution < -0.4 is 10.7 Å². The lowest BCUT2D eigenvalue weighted by Gasteiger charge is -2.27. The van der Waals surface area contributed by atoms with Gasteiger partial charge in [0.1, 0.15) is 16.8 Å². The van der Waals surface area contributed by atoms with Gasteiger partial charge in [0.05, 0.1) is 0 Å². The second-order valence-corrected chi connectivity index (χ2v) is 5.97. The van der Waals surface area contributed by atoms with Crippen LogP contribution in [-0.4, -0.2) is 42.0 Å². The van der Waals surface area contributed by atoms with Crippen molar-refractivity contribution in [2.24, 2.45) is 0 Å². The zero-order valence-corrected chi connectivity index (χ0v) is 13.3. The molecule has 4 rings (SSSR count). The highest BCUT2D eigenvalue weighted by Crippen LogP contribution is 2.28. The summed E-state index contributed by atoms with van der Waals surface area (Å²) >= 11 is 0. The number of carbonyl (C=O) groups excluding carboxylic acids is 1. The molecular weight excluding hydrogens is 306 g/mol. The fourth-order valence-corrected chi connectivity index (χ4v) is 3.06. The summed E-state index contributed by atoms with van der Waals surface area (Å²) in [5.41, 5.74) is 2.49. The standard InChI is InChI=1S/C18H17N3O3/c1-11-3-2-4-12-16(11)24-17-13(20-12)5-6-14(22)15(17)18(23)21-9-7-19-8-10-21/h2-6,19H,7-10H2,1H3. The van der Waals surface area contributed by atoms with Gasteiger partial charge < -0.3 is 14.6 Å². The summed E-state index contributed by atoms with van der Waals surface area (Å²) in [5, 5.41) is 3.20. The van der Waals surface area contributed by atoms with Crippen LogP contribution in [0.1, 0.15) is 15.9 Å². The van der Waals surface area contributed by atoms with Gasteiger partial charge in [-0.15, -0.1) is 0 Å². The minimum atomic E-state index is -0.329. The molecule has 1 aliphatic carbocycles. The van der Waals surface area contributed by atoms with Gasteiger partial charge in [-0.1, -0.05) is 12.1 Å². The highest BCUT2D eigenvalue weighted by molar-refractivity contribution is 6.00. The molecule has 0 spiro atoms. The first-order valence-electron chi connectivity index (χ1n) is 7.98. The Morgan fingerprint density at radius 1 is 1.21 bits per heavy atom. The van der Waals surface area contributed by atoms with Crippen LogP contribution in [-0.2, 0) is 0 Å². The Balaban J connectivity index is 1.94. The average Bonchev–Trinajstić information content (AvgIpc) is 2.61. The fraction of sp³-hybridized carbons (Fsp3) is 0.278. The number of fused-ring (bicyclic) bond motifs is 2. The van der Waals surface area contributed by atoms with Crippen molar-refractivity contribution in [3.8, 4) is 11.5 Å². The second-order valence-electron chi connectivity index (χ2n) is 5.97. The smallest absolute Gasteiger partial charge is 0.261 e. The largest absolute Gasteiger partial charge is 0.452 e. The van der Waals surface area contributed by atoms with Crippen molar-refractivity contribution >= 4 is 17.0 Å². The number of aromatic nitrogens is 1. The normalized spacial score (nSPS) is 15.1. The minimum absolute atomic E-state index is 0.0760. The Morgan fingerprint density at radius 2 is 2.00 bits per heavy atom. The summed E-state index contributed by atoms with van der Waals surface area (Å²) in [5.74, 6) is -0.0154. The van der Waals surface area contributed by atoms with Crippen molar-refractivity contribution in [3.05, 3.63) is 51.7 Å². The van der Waals surface area contributed by atoms with Crippen LogP contribution in [0.3, 0.4) is 0 Å². The molecule has 1 aromatic carbocycles. The van der Waals surface area contributed by atoms with Gasteiger partial charge >= 0.3 is 0 Å². The quantitative estimate of drug-likeness (QED) is 0.689. The van der Waals surface area contributed by atoms with E-state index in [2.05, 4.69) is 10.3 Å². The topological polar surface area (TPSA) is 75.4 Å². The maximum Gasteiger partial charge on any atom is 0.261 e. The van der Waals surface area contributed by atoms with Gasteiger partial charge in [0.15, 0.2) is 16.8 Å². The predicted octanol–water partition coefficient (Wildman–Crippen LogP) is 1.65. The molecule has 0 atom stereocenters. The van der Waals surface area contributed by atoms with Crippen LogP contribution in [0.4, 0.5) is 0 Å². The van der Waals surface area contributed by atoms with Crippen molar-refractivity contribution in [2.75, 3.05) is 26.2 Å². The van der Waals surface area contributed by atoms with Gasteiger partial charge in [-0.2, -0.15) is 0 Å². The van der Waals surface area contributed by atoms with E-state index in [4.69, 9.17) is 4.42 Å². The minimum Gasteiger partial charge on any atom is -0.452 e. The van der Waals surface area contributed by atoms with Crippen LogP contribution in [0.15, 0.2) is 39.5 Å². The molecule has 122 valence electrons. The van der Waals surface area contributed by atoms with Crippen molar-refractivity contribution in [1.82, 2.24) is 15.2 Å². The molecule has 0 aromatic heterocycles. The Morgan fingerprint density at radius 3 is 2.79 bits per heavy atom. The molecule has 3 aliphatic rings. The fourth-order valence-electron chi connectivity index (χ4n) is 3.06. The molecule has 6 nitrogen and oxygen atoms in total. The van der Waals surface area contributed by atoms with Crippen LogP contribution in [0.2, 0.25) is 0 Å². The molecule has 24 heavy (non-hydrogen) atoms.